The van der Waals surface area contributed by atoms with Crippen molar-refractivity contribution < 1.29 is 18.3 Å². The summed E-state index contributed by atoms with van der Waals surface area (Å²) in [7, 11) is 0. The Labute approximate surface area is 279 Å². The zero-order chi connectivity index (χ0) is 32.7. The van der Waals surface area contributed by atoms with Gasteiger partial charge in [-0.2, -0.15) is 13.2 Å². The Morgan fingerprint density at radius 1 is 0.870 bits per heavy atom. The lowest BCUT2D eigenvalue weighted by Crippen LogP contribution is -2.32. The van der Waals surface area contributed by atoms with E-state index in [1.165, 1.54) is 76.2 Å². The van der Waals surface area contributed by atoms with Crippen LogP contribution in [0.2, 0.25) is 0 Å². The maximum atomic E-state index is 14.0. The Kier molecular flexibility index (Phi) is 13.2. The van der Waals surface area contributed by atoms with E-state index in [-0.39, 0.29) is 30.6 Å². The summed E-state index contributed by atoms with van der Waals surface area (Å²) in [5.41, 5.74) is 3.10. The number of fused-ring (bicyclic) bond motifs is 1. The number of allylic oxidation sites excluding steroid dienone is 7. The normalized spacial score (nSPS) is 39.7. The van der Waals surface area contributed by atoms with E-state index in [0.717, 1.165) is 38.0 Å². The molecular weight excluding hydrogens is 577 g/mol. The molecule has 0 aromatic carbocycles. The molecule has 46 heavy (non-hydrogen) atoms. The van der Waals surface area contributed by atoms with Gasteiger partial charge < -0.3 is 5.11 Å². The van der Waals surface area contributed by atoms with E-state index in [4.69, 9.17) is 0 Å². The number of hydrogen-bond acceptors (Lipinski definition) is 1. The molecule has 3 fully saturated rings. The van der Waals surface area contributed by atoms with Crippen molar-refractivity contribution in [1.29, 1.82) is 0 Å². The van der Waals surface area contributed by atoms with Gasteiger partial charge in [0.25, 0.3) is 0 Å². The SMILES string of the molecule is CC1CCCC(=CC2CC(CC=CC(O)C3CCC(C)C(CCC4CC5=CCCCCC5C=CC4C)C3)CC(C(F)(F)F)C2)CC1. The smallest absolute Gasteiger partial charge is 0.389 e. The molecule has 11 unspecified atom stereocenters. The molecule has 5 rings (SSSR count). The Morgan fingerprint density at radius 3 is 2.52 bits per heavy atom. The second-order valence-corrected chi connectivity index (χ2v) is 16.9. The zero-order valence-corrected chi connectivity index (χ0v) is 29.3. The fraction of sp³-hybridized carbons (Fsp3) is 0.810. The van der Waals surface area contributed by atoms with Crippen molar-refractivity contribution in [2.45, 2.75) is 155 Å². The summed E-state index contributed by atoms with van der Waals surface area (Å²) in [5, 5.41) is 11.3. The fourth-order valence-electron chi connectivity index (χ4n) is 10.0. The molecule has 260 valence electrons. The van der Waals surface area contributed by atoms with Crippen molar-refractivity contribution in [3.05, 3.63) is 47.6 Å². The molecule has 5 aliphatic rings. The van der Waals surface area contributed by atoms with Crippen LogP contribution in [0.15, 0.2) is 47.6 Å². The molecule has 3 saturated carbocycles. The summed E-state index contributed by atoms with van der Waals surface area (Å²) in [6, 6.07) is 0. The van der Waals surface area contributed by atoms with E-state index < -0.39 is 18.2 Å². The fourth-order valence-corrected chi connectivity index (χ4v) is 10.0. The first kappa shape index (κ1) is 36.0. The van der Waals surface area contributed by atoms with E-state index in [1.807, 2.05) is 12.2 Å². The highest BCUT2D eigenvalue weighted by Crippen LogP contribution is 2.46. The first-order chi connectivity index (χ1) is 22.0. The molecule has 1 N–H and O–H groups in total. The minimum absolute atomic E-state index is 0.0316. The first-order valence-electron chi connectivity index (χ1n) is 19.5. The highest BCUT2D eigenvalue weighted by atomic mass is 19.4. The van der Waals surface area contributed by atoms with Crippen molar-refractivity contribution in [2.24, 2.45) is 59.2 Å². The standard InChI is InChI=1S/C42H65F3O/c1-29-9-7-10-32(18-15-29)23-34-24-33(25-40(26-34)42(43,44)45)11-8-14-41(46)39-20-17-31(3)37(28-39)22-21-36-27-38-13-6-4-5-12-35(38)19-16-30(36)2/h8,13-14,16,19,23,29-31,33-37,39-41,46H,4-7,9-12,15,17-18,20-22,24-28H2,1-3H3. The van der Waals surface area contributed by atoms with Crippen molar-refractivity contribution in [1.82, 2.24) is 0 Å². The molecule has 0 radical (unpaired) electrons. The lowest BCUT2D eigenvalue weighted by atomic mass is 9.70. The summed E-state index contributed by atoms with van der Waals surface area (Å²) in [6.07, 6.45) is 29.2. The zero-order valence-electron chi connectivity index (χ0n) is 29.3. The van der Waals surface area contributed by atoms with E-state index >= 15 is 0 Å². The number of rotatable bonds is 8. The summed E-state index contributed by atoms with van der Waals surface area (Å²) >= 11 is 0. The Morgan fingerprint density at radius 2 is 1.70 bits per heavy atom. The molecule has 0 amide bonds. The molecule has 1 nitrogen and oxygen atoms in total. The third kappa shape index (κ3) is 10.4. The van der Waals surface area contributed by atoms with Crippen LogP contribution in [0.4, 0.5) is 13.2 Å². The lowest BCUT2D eigenvalue weighted by Gasteiger charge is -2.37. The van der Waals surface area contributed by atoms with Crippen LogP contribution in [0.1, 0.15) is 143 Å². The first-order valence-corrected chi connectivity index (χ1v) is 19.5. The van der Waals surface area contributed by atoms with E-state index in [0.29, 0.717) is 36.0 Å². The molecule has 0 aromatic rings. The summed E-state index contributed by atoms with van der Waals surface area (Å²) < 4.78 is 41.9. The monoisotopic (exact) mass is 642 g/mol. The Hall–Kier alpha value is -1.29. The largest absolute Gasteiger partial charge is 0.391 e. The predicted molar refractivity (Wildman–Crippen MR) is 186 cm³/mol. The molecule has 0 aromatic heterocycles. The minimum atomic E-state index is -4.12. The molecule has 0 bridgehead atoms. The number of hydrogen-bond donors (Lipinski definition) is 1. The van der Waals surface area contributed by atoms with E-state index in [2.05, 4.69) is 45.1 Å². The van der Waals surface area contributed by atoms with Gasteiger partial charge in [0, 0.05) is 0 Å². The highest BCUT2D eigenvalue weighted by molar-refractivity contribution is 5.19. The molecular formula is C42H65F3O. The van der Waals surface area contributed by atoms with Gasteiger partial charge >= 0.3 is 6.18 Å². The van der Waals surface area contributed by atoms with Crippen molar-refractivity contribution in [2.75, 3.05) is 0 Å². The second-order valence-electron chi connectivity index (χ2n) is 16.9. The van der Waals surface area contributed by atoms with Gasteiger partial charge in [-0.05, 0) is 156 Å². The van der Waals surface area contributed by atoms with E-state index in [9.17, 15) is 18.3 Å². The third-order valence-corrected chi connectivity index (χ3v) is 13.3. The number of aliphatic hydroxyl groups is 1. The average molecular weight is 643 g/mol. The van der Waals surface area contributed by atoms with E-state index in [1.54, 1.807) is 5.57 Å². The van der Waals surface area contributed by atoms with Crippen LogP contribution in [0.25, 0.3) is 0 Å². The quantitative estimate of drug-likeness (QED) is 0.206. The van der Waals surface area contributed by atoms with Crippen LogP contribution in [0.3, 0.4) is 0 Å². The second kappa shape index (κ2) is 16.9. The van der Waals surface area contributed by atoms with Crippen LogP contribution in [0, 0.1) is 59.2 Å². The van der Waals surface area contributed by atoms with Gasteiger partial charge in [-0.15, -0.1) is 0 Å². The summed E-state index contributed by atoms with van der Waals surface area (Å²) in [4.78, 5) is 0. The highest BCUT2D eigenvalue weighted by Gasteiger charge is 2.44. The maximum Gasteiger partial charge on any atom is 0.391 e. The lowest BCUT2D eigenvalue weighted by molar-refractivity contribution is -0.188. The van der Waals surface area contributed by atoms with Gasteiger partial charge in [0.2, 0.25) is 0 Å². The van der Waals surface area contributed by atoms with Crippen LogP contribution in [0.5, 0.6) is 0 Å². The van der Waals surface area contributed by atoms with Gasteiger partial charge in [-0.1, -0.05) is 87.6 Å². The van der Waals surface area contributed by atoms with Crippen molar-refractivity contribution >= 4 is 0 Å². The van der Waals surface area contributed by atoms with Gasteiger partial charge in [0.05, 0.1) is 12.0 Å². The van der Waals surface area contributed by atoms with Crippen molar-refractivity contribution in [3.8, 4) is 0 Å². The minimum Gasteiger partial charge on any atom is -0.389 e. The van der Waals surface area contributed by atoms with Crippen LogP contribution < -0.4 is 0 Å². The van der Waals surface area contributed by atoms with Gasteiger partial charge in [0.15, 0.2) is 0 Å². The third-order valence-electron chi connectivity index (χ3n) is 13.3. The van der Waals surface area contributed by atoms with Crippen LogP contribution in [-0.2, 0) is 0 Å². The van der Waals surface area contributed by atoms with Crippen LogP contribution in [-0.4, -0.2) is 17.4 Å². The predicted octanol–water partition coefficient (Wildman–Crippen LogP) is 12.6. The molecule has 4 heteroatoms. The summed E-state index contributed by atoms with van der Waals surface area (Å²) in [6.45, 7) is 7.12. The Bertz CT molecular complexity index is 1070. The topological polar surface area (TPSA) is 20.2 Å². The van der Waals surface area contributed by atoms with Crippen molar-refractivity contribution in [3.63, 3.8) is 0 Å². The molecule has 11 atom stereocenters. The molecule has 0 saturated heterocycles. The maximum absolute atomic E-state index is 14.0. The molecule has 0 spiro atoms. The number of halogens is 3. The number of alkyl halides is 3. The van der Waals surface area contributed by atoms with Gasteiger partial charge in [-0.25, -0.2) is 0 Å². The molecule has 5 aliphatic carbocycles. The van der Waals surface area contributed by atoms with Crippen LogP contribution >= 0.6 is 0 Å². The average Bonchev–Trinajstić information content (AvgIpc) is 3.43. The van der Waals surface area contributed by atoms with Gasteiger partial charge in [0.1, 0.15) is 0 Å². The molecule has 0 aliphatic heterocycles. The summed E-state index contributed by atoms with van der Waals surface area (Å²) in [5.74, 6) is 3.19. The molecule has 0 heterocycles. The Balaban J connectivity index is 1.13. The number of aliphatic hydroxyl groups excluding tert-OH is 1. The van der Waals surface area contributed by atoms with Gasteiger partial charge in [-0.3, -0.25) is 0 Å².